The van der Waals surface area contributed by atoms with Gasteiger partial charge in [0.15, 0.2) is 0 Å². The fourth-order valence-electron chi connectivity index (χ4n) is 3.13. The van der Waals surface area contributed by atoms with Crippen LogP contribution in [0.15, 0.2) is 51.7 Å². The zero-order chi connectivity index (χ0) is 22.5. The molecule has 1 aromatic heterocycles. The van der Waals surface area contributed by atoms with Crippen molar-refractivity contribution in [3.8, 4) is 5.75 Å². The average molecular weight is 445 g/mol. The van der Waals surface area contributed by atoms with Gasteiger partial charge in [-0.15, -0.1) is 0 Å². The summed E-state index contributed by atoms with van der Waals surface area (Å²) < 4.78 is 21.1. The SMILES string of the molecule is CCOC(=O)[C@@H](Oc1cc2oc(=O)c(CC(=O)OC)c(C)c2cc1Cl)c1ccccc1. The molecule has 0 amide bonds. The number of halogens is 1. The van der Waals surface area contributed by atoms with Crippen LogP contribution in [0, 0.1) is 6.92 Å². The van der Waals surface area contributed by atoms with Crippen LogP contribution in [0.1, 0.15) is 29.7 Å². The van der Waals surface area contributed by atoms with Crippen molar-refractivity contribution in [3.63, 3.8) is 0 Å². The second-order valence-corrected chi connectivity index (χ2v) is 7.09. The summed E-state index contributed by atoms with van der Waals surface area (Å²) in [4.78, 5) is 36.5. The molecule has 31 heavy (non-hydrogen) atoms. The molecule has 162 valence electrons. The highest BCUT2D eigenvalue weighted by Crippen LogP contribution is 2.35. The second kappa shape index (κ2) is 9.66. The summed E-state index contributed by atoms with van der Waals surface area (Å²) in [6.07, 6.45) is -1.27. The molecule has 1 atom stereocenters. The molecule has 8 heteroatoms. The van der Waals surface area contributed by atoms with Crippen molar-refractivity contribution >= 4 is 34.5 Å². The van der Waals surface area contributed by atoms with E-state index in [0.29, 0.717) is 16.5 Å². The van der Waals surface area contributed by atoms with E-state index in [2.05, 4.69) is 4.74 Å². The van der Waals surface area contributed by atoms with Gasteiger partial charge in [0.1, 0.15) is 11.3 Å². The van der Waals surface area contributed by atoms with Crippen LogP contribution in [0.5, 0.6) is 5.75 Å². The van der Waals surface area contributed by atoms with Crippen LogP contribution in [0.25, 0.3) is 11.0 Å². The number of aryl methyl sites for hydroxylation is 1. The van der Waals surface area contributed by atoms with Crippen LogP contribution in [0.3, 0.4) is 0 Å². The molecule has 0 unspecified atom stereocenters. The van der Waals surface area contributed by atoms with Crippen molar-refractivity contribution in [2.75, 3.05) is 13.7 Å². The Kier molecular flexibility index (Phi) is 6.97. The van der Waals surface area contributed by atoms with Crippen LogP contribution in [0.2, 0.25) is 5.02 Å². The molecule has 0 aliphatic heterocycles. The van der Waals surface area contributed by atoms with Gasteiger partial charge in [-0.3, -0.25) is 4.79 Å². The number of hydrogen-bond acceptors (Lipinski definition) is 7. The number of benzene rings is 2. The van der Waals surface area contributed by atoms with Crippen molar-refractivity contribution in [2.24, 2.45) is 0 Å². The van der Waals surface area contributed by atoms with E-state index in [-0.39, 0.29) is 34.9 Å². The van der Waals surface area contributed by atoms with Crippen molar-refractivity contribution < 1.29 is 28.2 Å². The van der Waals surface area contributed by atoms with Gasteiger partial charge in [-0.25, -0.2) is 9.59 Å². The predicted octanol–water partition coefficient (Wildman–Crippen LogP) is 4.15. The van der Waals surface area contributed by atoms with Gasteiger partial charge in [0.25, 0.3) is 0 Å². The lowest BCUT2D eigenvalue weighted by Gasteiger charge is -2.19. The summed E-state index contributed by atoms with van der Waals surface area (Å²) >= 11 is 6.43. The number of hydrogen-bond donors (Lipinski definition) is 0. The van der Waals surface area contributed by atoms with Crippen LogP contribution >= 0.6 is 11.6 Å². The number of carbonyl (C=O) groups is 2. The van der Waals surface area contributed by atoms with Crippen molar-refractivity contribution in [1.29, 1.82) is 0 Å². The maximum absolute atomic E-state index is 12.5. The maximum atomic E-state index is 12.5. The fourth-order valence-corrected chi connectivity index (χ4v) is 3.33. The van der Waals surface area contributed by atoms with Gasteiger partial charge in [0, 0.05) is 17.0 Å². The lowest BCUT2D eigenvalue weighted by molar-refractivity contribution is -0.151. The first kappa shape index (κ1) is 22.4. The van der Waals surface area contributed by atoms with E-state index in [0.717, 1.165) is 0 Å². The van der Waals surface area contributed by atoms with E-state index in [1.165, 1.54) is 13.2 Å². The van der Waals surface area contributed by atoms with Gasteiger partial charge >= 0.3 is 17.6 Å². The maximum Gasteiger partial charge on any atom is 0.352 e. The number of ether oxygens (including phenoxy) is 3. The molecule has 0 N–H and O–H groups in total. The average Bonchev–Trinajstić information content (AvgIpc) is 2.76. The number of rotatable bonds is 7. The molecule has 0 saturated heterocycles. The molecular formula is C23H21ClO7. The highest BCUT2D eigenvalue weighted by atomic mass is 35.5. The Bertz CT molecular complexity index is 1170. The first-order valence-corrected chi connectivity index (χ1v) is 9.94. The van der Waals surface area contributed by atoms with Crippen LogP contribution in [-0.2, 0) is 25.5 Å². The van der Waals surface area contributed by atoms with E-state index >= 15 is 0 Å². The summed E-state index contributed by atoms with van der Waals surface area (Å²) in [6, 6.07) is 11.9. The normalized spacial score (nSPS) is 11.7. The second-order valence-electron chi connectivity index (χ2n) is 6.69. The van der Waals surface area contributed by atoms with Gasteiger partial charge in [-0.05, 0) is 25.5 Å². The minimum Gasteiger partial charge on any atom is -0.472 e. The van der Waals surface area contributed by atoms with Gasteiger partial charge in [0.05, 0.1) is 30.7 Å². The van der Waals surface area contributed by atoms with Gasteiger partial charge in [-0.2, -0.15) is 0 Å². The summed E-state index contributed by atoms with van der Waals surface area (Å²) in [5.41, 5.74) is 0.885. The van der Waals surface area contributed by atoms with E-state index in [4.69, 9.17) is 25.5 Å². The topological polar surface area (TPSA) is 92.0 Å². The molecule has 0 aliphatic rings. The molecule has 0 saturated carbocycles. The monoisotopic (exact) mass is 444 g/mol. The summed E-state index contributed by atoms with van der Waals surface area (Å²) in [6.45, 7) is 3.58. The Balaban J connectivity index is 2.05. The van der Waals surface area contributed by atoms with Gasteiger partial charge in [0.2, 0.25) is 6.10 Å². The van der Waals surface area contributed by atoms with E-state index in [1.54, 1.807) is 44.2 Å². The minimum absolute atomic E-state index is 0.152. The predicted molar refractivity (Wildman–Crippen MR) is 114 cm³/mol. The lowest BCUT2D eigenvalue weighted by atomic mass is 10.0. The Morgan fingerprint density at radius 2 is 1.87 bits per heavy atom. The smallest absolute Gasteiger partial charge is 0.352 e. The van der Waals surface area contributed by atoms with E-state index in [9.17, 15) is 14.4 Å². The van der Waals surface area contributed by atoms with Crippen LogP contribution in [0.4, 0.5) is 0 Å². The molecule has 3 rings (SSSR count). The highest BCUT2D eigenvalue weighted by molar-refractivity contribution is 6.32. The number of methoxy groups -OCH3 is 1. The third-order valence-electron chi connectivity index (χ3n) is 4.74. The molecule has 0 bridgehead atoms. The molecule has 2 aromatic carbocycles. The number of carbonyl (C=O) groups excluding carboxylic acids is 2. The molecule has 3 aromatic rings. The van der Waals surface area contributed by atoms with E-state index < -0.39 is 23.7 Å². The first-order valence-electron chi connectivity index (χ1n) is 9.56. The Hall–Kier alpha value is -3.32. The van der Waals surface area contributed by atoms with Crippen molar-refractivity contribution in [2.45, 2.75) is 26.4 Å². The molecular weight excluding hydrogens is 424 g/mol. The van der Waals surface area contributed by atoms with Gasteiger partial charge in [-0.1, -0.05) is 41.9 Å². The molecule has 0 spiro atoms. The Labute approximate surface area is 183 Å². The first-order chi connectivity index (χ1) is 14.8. The zero-order valence-electron chi connectivity index (χ0n) is 17.3. The van der Waals surface area contributed by atoms with E-state index in [1.807, 2.05) is 6.07 Å². The third-order valence-corrected chi connectivity index (χ3v) is 5.03. The Morgan fingerprint density at radius 3 is 2.52 bits per heavy atom. The Morgan fingerprint density at radius 1 is 1.16 bits per heavy atom. The molecule has 0 fully saturated rings. The van der Waals surface area contributed by atoms with Crippen molar-refractivity contribution in [1.82, 2.24) is 0 Å². The summed E-state index contributed by atoms with van der Waals surface area (Å²) in [5.74, 6) is -0.976. The third kappa shape index (κ3) is 4.88. The summed E-state index contributed by atoms with van der Waals surface area (Å²) in [5, 5.41) is 0.752. The molecule has 0 aliphatic carbocycles. The fraction of sp³-hybridized carbons (Fsp3) is 0.261. The minimum atomic E-state index is -1.05. The summed E-state index contributed by atoms with van der Waals surface area (Å²) in [7, 11) is 1.24. The number of fused-ring (bicyclic) bond motifs is 1. The number of esters is 2. The zero-order valence-corrected chi connectivity index (χ0v) is 18.0. The highest BCUT2D eigenvalue weighted by Gasteiger charge is 2.26. The molecule has 1 heterocycles. The van der Waals surface area contributed by atoms with Crippen LogP contribution < -0.4 is 10.4 Å². The largest absolute Gasteiger partial charge is 0.472 e. The lowest BCUT2D eigenvalue weighted by Crippen LogP contribution is -2.21. The van der Waals surface area contributed by atoms with Gasteiger partial charge < -0.3 is 18.6 Å². The standard InChI is InChI=1S/C23H21ClO7/c1-4-29-23(27)21(14-8-6-5-7-9-14)30-19-12-18-15(10-17(19)24)13(2)16(22(26)31-18)11-20(25)28-3/h5-10,12,21H,4,11H2,1-3H3/t21-/m0/s1. The van der Waals surface area contributed by atoms with Crippen molar-refractivity contribution in [3.05, 3.63) is 74.6 Å². The van der Waals surface area contributed by atoms with Crippen LogP contribution in [-0.4, -0.2) is 25.7 Å². The molecule has 7 nitrogen and oxygen atoms in total. The molecule has 0 radical (unpaired) electrons. The quantitative estimate of drug-likeness (QED) is 0.399.